The van der Waals surface area contributed by atoms with Crippen LogP contribution in [0.5, 0.6) is 0 Å². The van der Waals surface area contributed by atoms with Crippen molar-refractivity contribution in [2.45, 2.75) is 25.5 Å². The highest BCUT2D eigenvalue weighted by Gasteiger charge is 2.43. The zero-order chi connectivity index (χ0) is 18.3. The molecule has 0 saturated carbocycles. The number of ether oxygens (including phenoxy) is 1. The first kappa shape index (κ1) is 16.5. The highest BCUT2D eigenvalue weighted by molar-refractivity contribution is 6.07. The third kappa shape index (κ3) is 2.70. The van der Waals surface area contributed by atoms with Crippen molar-refractivity contribution in [3.05, 3.63) is 39.7 Å². The van der Waals surface area contributed by atoms with E-state index in [1.165, 1.54) is 11.5 Å². The molecule has 1 atom stereocenters. The Labute approximate surface area is 146 Å². The number of carbonyl (C=O) groups is 2. The standard InChI is InChI=1S/C15H16N6O5/c1-8-19-20-13(26-8)12(24)18-11(23)9-6-10(22)21-4-5-25-15(14(21)17-9)2-3-16-7-15/h6,16H,2-5,7H2,1H3,(H,18,23,24). The molecule has 2 N–H and O–H groups in total. The largest absolute Gasteiger partial charge is 0.417 e. The fraction of sp³-hybridized carbons (Fsp3) is 0.467. The van der Waals surface area contributed by atoms with Gasteiger partial charge in [0, 0.05) is 19.5 Å². The van der Waals surface area contributed by atoms with E-state index in [1.807, 2.05) is 0 Å². The lowest BCUT2D eigenvalue weighted by atomic mass is 10.00. The fourth-order valence-electron chi connectivity index (χ4n) is 3.18. The number of rotatable bonds is 2. The normalized spacial score (nSPS) is 21.6. The molecule has 2 aliphatic rings. The van der Waals surface area contributed by atoms with Crippen LogP contribution in [0.1, 0.15) is 39.3 Å². The van der Waals surface area contributed by atoms with Crippen molar-refractivity contribution >= 4 is 11.8 Å². The van der Waals surface area contributed by atoms with Crippen LogP contribution >= 0.6 is 0 Å². The van der Waals surface area contributed by atoms with Gasteiger partial charge in [-0.25, -0.2) is 4.98 Å². The van der Waals surface area contributed by atoms with Crippen LogP contribution in [0.25, 0.3) is 0 Å². The Morgan fingerprint density at radius 3 is 2.88 bits per heavy atom. The second-order valence-electron chi connectivity index (χ2n) is 6.13. The second kappa shape index (κ2) is 6.11. The third-order valence-electron chi connectivity index (χ3n) is 4.41. The van der Waals surface area contributed by atoms with Crippen LogP contribution in [0, 0.1) is 6.92 Å². The summed E-state index contributed by atoms with van der Waals surface area (Å²) in [5, 5.41) is 12.4. The van der Waals surface area contributed by atoms with E-state index in [0.717, 1.165) is 12.6 Å². The number of amides is 2. The zero-order valence-electron chi connectivity index (χ0n) is 13.9. The van der Waals surface area contributed by atoms with Gasteiger partial charge < -0.3 is 14.5 Å². The van der Waals surface area contributed by atoms with Crippen LogP contribution in [0.4, 0.5) is 0 Å². The van der Waals surface area contributed by atoms with E-state index >= 15 is 0 Å². The van der Waals surface area contributed by atoms with E-state index in [0.29, 0.717) is 31.9 Å². The minimum absolute atomic E-state index is 0.164. The van der Waals surface area contributed by atoms with E-state index in [1.54, 1.807) is 0 Å². The molecule has 2 aromatic heterocycles. The van der Waals surface area contributed by atoms with Gasteiger partial charge in [-0.3, -0.25) is 24.3 Å². The molecule has 1 fully saturated rings. The Morgan fingerprint density at radius 2 is 2.19 bits per heavy atom. The van der Waals surface area contributed by atoms with E-state index < -0.39 is 17.4 Å². The molecule has 4 rings (SSSR count). The van der Waals surface area contributed by atoms with E-state index in [-0.39, 0.29) is 23.0 Å². The van der Waals surface area contributed by atoms with Crippen LogP contribution in [-0.4, -0.2) is 51.3 Å². The maximum absolute atomic E-state index is 12.4. The topological polar surface area (TPSA) is 141 Å². The average Bonchev–Trinajstić information content (AvgIpc) is 3.25. The number of fused-ring (bicyclic) bond motifs is 2. The highest BCUT2D eigenvalue weighted by atomic mass is 16.5. The van der Waals surface area contributed by atoms with Gasteiger partial charge >= 0.3 is 11.8 Å². The Bertz CT molecular complexity index is 942. The zero-order valence-corrected chi connectivity index (χ0v) is 13.9. The van der Waals surface area contributed by atoms with Crippen molar-refractivity contribution in [3.63, 3.8) is 0 Å². The Hall–Kier alpha value is -2.92. The van der Waals surface area contributed by atoms with Gasteiger partial charge in [0.25, 0.3) is 11.5 Å². The van der Waals surface area contributed by atoms with Gasteiger partial charge in [-0.1, -0.05) is 0 Å². The molecule has 0 aliphatic carbocycles. The highest BCUT2D eigenvalue weighted by Crippen LogP contribution is 2.32. The predicted molar refractivity (Wildman–Crippen MR) is 84.4 cm³/mol. The summed E-state index contributed by atoms with van der Waals surface area (Å²) in [7, 11) is 0. The summed E-state index contributed by atoms with van der Waals surface area (Å²) in [6.45, 7) is 3.51. The van der Waals surface area contributed by atoms with E-state index in [2.05, 4.69) is 25.8 Å². The summed E-state index contributed by atoms with van der Waals surface area (Å²) in [5.41, 5.74) is -1.26. The lowest BCUT2D eigenvalue weighted by Crippen LogP contribution is -2.46. The molecule has 4 heterocycles. The first-order valence-corrected chi connectivity index (χ1v) is 8.11. The second-order valence-corrected chi connectivity index (χ2v) is 6.13. The molecular formula is C15H16N6O5. The van der Waals surface area contributed by atoms with Gasteiger partial charge in [-0.15, -0.1) is 10.2 Å². The summed E-state index contributed by atoms with van der Waals surface area (Å²) in [6.07, 6.45) is 0.644. The van der Waals surface area contributed by atoms with E-state index in [9.17, 15) is 14.4 Å². The molecule has 2 aromatic rings. The maximum atomic E-state index is 12.4. The van der Waals surface area contributed by atoms with Crippen molar-refractivity contribution in [2.75, 3.05) is 19.7 Å². The predicted octanol–water partition coefficient (Wildman–Crippen LogP) is -1.28. The van der Waals surface area contributed by atoms with Gasteiger partial charge in [0.15, 0.2) is 0 Å². The summed E-state index contributed by atoms with van der Waals surface area (Å²) in [4.78, 5) is 41.1. The summed E-state index contributed by atoms with van der Waals surface area (Å²) >= 11 is 0. The molecule has 2 aliphatic heterocycles. The molecule has 0 aromatic carbocycles. The fourth-order valence-corrected chi connectivity index (χ4v) is 3.18. The molecule has 1 spiro atoms. The van der Waals surface area contributed by atoms with Gasteiger partial charge in [-0.2, -0.15) is 0 Å². The number of imide groups is 1. The van der Waals surface area contributed by atoms with Crippen molar-refractivity contribution in [3.8, 4) is 0 Å². The van der Waals surface area contributed by atoms with Crippen molar-refractivity contribution in [1.82, 2.24) is 30.4 Å². The van der Waals surface area contributed by atoms with Gasteiger partial charge in [-0.05, 0) is 13.0 Å². The Balaban J connectivity index is 1.65. The van der Waals surface area contributed by atoms with Crippen LogP contribution < -0.4 is 16.2 Å². The molecule has 136 valence electrons. The monoisotopic (exact) mass is 360 g/mol. The maximum Gasteiger partial charge on any atom is 0.315 e. The number of aromatic nitrogens is 4. The van der Waals surface area contributed by atoms with Crippen molar-refractivity contribution in [1.29, 1.82) is 0 Å². The van der Waals surface area contributed by atoms with Crippen molar-refractivity contribution < 1.29 is 18.7 Å². The van der Waals surface area contributed by atoms with Crippen LogP contribution in [-0.2, 0) is 16.9 Å². The van der Waals surface area contributed by atoms with Crippen molar-refractivity contribution in [2.24, 2.45) is 0 Å². The third-order valence-corrected chi connectivity index (χ3v) is 4.41. The molecule has 26 heavy (non-hydrogen) atoms. The Morgan fingerprint density at radius 1 is 1.35 bits per heavy atom. The molecule has 0 bridgehead atoms. The SMILES string of the molecule is Cc1nnc(C(=O)NC(=O)c2cc(=O)n3c(n2)C2(CCNC2)OCC3)o1. The first-order valence-electron chi connectivity index (χ1n) is 8.11. The quantitative estimate of drug-likeness (QED) is 0.626. The van der Waals surface area contributed by atoms with Crippen LogP contribution in [0.2, 0.25) is 0 Å². The number of hydrogen-bond donors (Lipinski definition) is 2. The molecule has 1 unspecified atom stereocenters. The molecule has 2 amide bonds. The number of carbonyl (C=O) groups excluding carboxylic acids is 2. The van der Waals surface area contributed by atoms with Gasteiger partial charge in [0.05, 0.1) is 13.2 Å². The van der Waals surface area contributed by atoms with Gasteiger partial charge in [0.2, 0.25) is 5.89 Å². The minimum atomic E-state index is -0.858. The lowest BCUT2D eigenvalue weighted by Gasteiger charge is -2.34. The number of aryl methyl sites for hydroxylation is 1. The summed E-state index contributed by atoms with van der Waals surface area (Å²) < 4.78 is 12.4. The first-order chi connectivity index (χ1) is 12.5. The lowest BCUT2D eigenvalue weighted by molar-refractivity contribution is -0.0689. The molecule has 11 nitrogen and oxygen atoms in total. The van der Waals surface area contributed by atoms with Crippen LogP contribution in [0.15, 0.2) is 15.3 Å². The van der Waals surface area contributed by atoms with Gasteiger partial charge in [0.1, 0.15) is 17.1 Å². The number of nitrogens with one attached hydrogen (secondary N) is 2. The molecular weight excluding hydrogens is 344 g/mol. The Kier molecular flexibility index (Phi) is 3.89. The minimum Gasteiger partial charge on any atom is -0.417 e. The molecule has 11 heteroatoms. The number of nitrogens with zero attached hydrogens (tertiary/aromatic N) is 4. The summed E-state index contributed by atoms with van der Waals surface area (Å²) in [6, 6.07) is 1.10. The summed E-state index contributed by atoms with van der Waals surface area (Å²) in [5.74, 6) is -1.43. The van der Waals surface area contributed by atoms with Crippen LogP contribution in [0.3, 0.4) is 0 Å². The smallest absolute Gasteiger partial charge is 0.315 e. The number of hydrogen-bond acceptors (Lipinski definition) is 9. The molecule has 0 radical (unpaired) electrons. The molecule has 1 saturated heterocycles. The average molecular weight is 360 g/mol. The van der Waals surface area contributed by atoms with E-state index in [4.69, 9.17) is 9.15 Å².